The number of rotatable bonds is 3. The second kappa shape index (κ2) is 7.40. The number of carbonyl (C=O) groups excluding carboxylic acids is 1. The van der Waals surface area contributed by atoms with E-state index in [0.717, 1.165) is 0 Å². The van der Waals surface area contributed by atoms with Crippen LogP contribution in [0.5, 0.6) is 11.5 Å². The normalized spacial score (nSPS) is 13.2. The van der Waals surface area contributed by atoms with E-state index in [4.69, 9.17) is 25.6 Å². The van der Waals surface area contributed by atoms with Gasteiger partial charge in [-0.2, -0.15) is 4.98 Å². The molecular formula is C21H20ClN3O4. The quantitative estimate of drug-likeness (QED) is 0.669. The standard InChI is InChI=1S/C21H20ClN3O4/c1-21(2,3)20-24-19(29-25-20)13-7-5-4-6-12(13)18(26)23-15-11-17-16(10-14(15)22)27-8-9-28-17/h4-7,10-11H,8-9H2,1-3H3,(H,23,26). The van der Waals surface area contributed by atoms with Gasteiger partial charge in [-0.05, 0) is 12.1 Å². The van der Waals surface area contributed by atoms with Crippen LogP contribution in [-0.2, 0) is 5.41 Å². The first-order valence-corrected chi connectivity index (χ1v) is 9.55. The molecule has 1 aliphatic rings. The van der Waals surface area contributed by atoms with Crippen molar-refractivity contribution in [2.45, 2.75) is 26.2 Å². The van der Waals surface area contributed by atoms with Crippen molar-refractivity contribution in [1.29, 1.82) is 0 Å². The van der Waals surface area contributed by atoms with Gasteiger partial charge in [-0.15, -0.1) is 0 Å². The maximum atomic E-state index is 13.0. The lowest BCUT2D eigenvalue weighted by Gasteiger charge is -2.20. The first kappa shape index (κ1) is 19.3. The fourth-order valence-corrected chi connectivity index (χ4v) is 3.06. The molecule has 4 rings (SSSR count). The van der Waals surface area contributed by atoms with E-state index in [9.17, 15) is 4.79 Å². The van der Waals surface area contributed by atoms with E-state index in [1.165, 1.54) is 0 Å². The molecule has 0 atom stereocenters. The molecule has 150 valence electrons. The summed E-state index contributed by atoms with van der Waals surface area (Å²) in [5.74, 6) is 1.59. The van der Waals surface area contributed by atoms with Crippen LogP contribution in [0.2, 0.25) is 5.02 Å². The molecule has 2 aromatic carbocycles. The molecule has 0 spiro atoms. The van der Waals surface area contributed by atoms with Gasteiger partial charge in [-0.1, -0.05) is 49.7 Å². The molecule has 0 saturated heterocycles. The highest BCUT2D eigenvalue weighted by Crippen LogP contribution is 2.38. The van der Waals surface area contributed by atoms with E-state index in [2.05, 4.69) is 15.5 Å². The number of carbonyl (C=O) groups is 1. The Morgan fingerprint density at radius 3 is 2.48 bits per heavy atom. The molecule has 0 radical (unpaired) electrons. The van der Waals surface area contributed by atoms with Gasteiger partial charge < -0.3 is 19.3 Å². The molecule has 2 heterocycles. The van der Waals surface area contributed by atoms with Crippen LogP contribution in [0, 0.1) is 0 Å². The first-order valence-electron chi connectivity index (χ1n) is 9.17. The third kappa shape index (κ3) is 3.91. The Kier molecular flexibility index (Phi) is 4.92. The van der Waals surface area contributed by atoms with E-state index in [1.54, 1.807) is 30.3 Å². The number of anilines is 1. The van der Waals surface area contributed by atoms with Crippen LogP contribution in [0.3, 0.4) is 0 Å². The van der Waals surface area contributed by atoms with Gasteiger partial charge in [0.15, 0.2) is 17.3 Å². The fraction of sp³-hybridized carbons (Fsp3) is 0.286. The van der Waals surface area contributed by atoms with Crippen LogP contribution in [0.15, 0.2) is 40.9 Å². The highest BCUT2D eigenvalue weighted by Gasteiger charge is 2.24. The number of nitrogens with zero attached hydrogens (tertiary/aromatic N) is 2. The SMILES string of the molecule is CC(C)(C)c1noc(-c2ccccc2C(=O)Nc2cc3c(cc2Cl)OCCO3)n1. The third-order valence-corrected chi connectivity index (χ3v) is 4.69. The third-order valence-electron chi connectivity index (χ3n) is 4.38. The average Bonchev–Trinajstić information content (AvgIpc) is 3.19. The van der Waals surface area contributed by atoms with Crippen LogP contribution >= 0.6 is 11.6 Å². The van der Waals surface area contributed by atoms with Gasteiger partial charge in [0.25, 0.3) is 11.8 Å². The van der Waals surface area contributed by atoms with Gasteiger partial charge in [0.1, 0.15) is 13.2 Å². The van der Waals surface area contributed by atoms with Crippen molar-refractivity contribution in [2.75, 3.05) is 18.5 Å². The molecule has 3 aromatic rings. The molecule has 0 aliphatic carbocycles. The van der Waals surface area contributed by atoms with Crippen molar-refractivity contribution >= 4 is 23.2 Å². The molecule has 1 N–H and O–H groups in total. The fourth-order valence-electron chi connectivity index (χ4n) is 2.85. The lowest BCUT2D eigenvalue weighted by atomic mass is 9.96. The number of aromatic nitrogens is 2. The molecule has 1 amide bonds. The largest absolute Gasteiger partial charge is 0.486 e. The van der Waals surface area contributed by atoms with Crippen molar-refractivity contribution < 1.29 is 18.8 Å². The zero-order chi connectivity index (χ0) is 20.6. The predicted octanol–water partition coefficient (Wildman–Crippen LogP) is 4.71. The summed E-state index contributed by atoms with van der Waals surface area (Å²) in [7, 11) is 0. The Balaban J connectivity index is 1.65. The summed E-state index contributed by atoms with van der Waals surface area (Å²) in [6.07, 6.45) is 0. The van der Waals surface area contributed by atoms with Crippen molar-refractivity contribution in [1.82, 2.24) is 10.1 Å². The van der Waals surface area contributed by atoms with Crippen LogP contribution in [0.25, 0.3) is 11.5 Å². The van der Waals surface area contributed by atoms with Gasteiger partial charge in [0.05, 0.1) is 21.8 Å². The van der Waals surface area contributed by atoms with E-state index >= 15 is 0 Å². The van der Waals surface area contributed by atoms with Crippen molar-refractivity contribution in [2.24, 2.45) is 0 Å². The molecule has 0 bridgehead atoms. The zero-order valence-electron chi connectivity index (χ0n) is 16.3. The zero-order valence-corrected chi connectivity index (χ0v) is 17.0. The average molecular weight is 414 g/mol. The maximum absolute atomic E-state index is 13.0. The Hall–Kier alpha value is -3.06. The minimum atomic E-state index is -0.352. The van der Waals surface area contributed by atoms with E-state index in [0.29, 0.717) is 52.4 Å². The number of hydrogen-bond acceptors (Lipinski definition) is 6. The summed E-state index contributed by atoms with van der Waals surface area (Å²) >= 11 is 6.31. The summed E-state index contributed by atoms with van der Waals surface area (Å²) in [5, 5.41) is 7.22. The molecular weight excluding hydrogens is 394 g/mol. The number of hydrogen-bond donors (Lipinski definition) is 1. The van der Waals surface area contributed by atoms with Gasteiger partial charge >= 0.3 is 0 Å². The number of halogens is 1. The van der Waals surface area contributed by atoms with Crippen molar-refractivity contribution in [3.05, 3.63) is 52.8 Å². The lowest BCUT2D eigenvalue weighted by molar-refractivity contribution is 0.102. The highest BCUT2D eigenvalue weighted by atomic mass is 35.5. The van der Waals surface area contributed by atoms with E-state index in [-0.39, 0.29) is 17.2 Å². The summed E-state index contributed by atoms with van der Waals surface area (Å²) in [6, 6.07) is 10.3. The molecule has 1 aliphatic heterocycles. The van der Waals surface area contributed by atoms with Crippen LogP contribution in [-0.4, -0.2) is 29.3 Å². The van der Waals surface area contributed by atoms with Crippen LogP contribution < -0.4 is 14.8 Å². The minimum Gasteiger partial charge on any atom is -0.486 e. The summed E-state index contributed by atoms with van der Waals surface area (Å²) in [4.78, 5) is 17.5. The Labute approximate surface area is 173 Å². The first-order chi connectivity index (χ1) is 13.8. The van der Waals surface area contributed by atoms with E-state index < -0.39 is 0 Å². The van der Waals surface area contributed by atoms with Crippen LogP contribution in [0.1, 0.15) is 37.0 Å². The molecule has 0 saturated carbocycles. The number of fused-ring (bicyclic) bond motifs is 1. The number of benzene rings is 2. The smallest absolute Gasteiger partial charge is 0.258 e. The number of amides is 1. The molecule has 0 unspecified atom stereocenters. The van der Waals surface area contributed by atoms with Gasteiger partial charge in [0.2, 0.25) is 0 Å². The number of ether oxygens (including phenoxy) is 2. The second-order valence-corrected chi connectivity index (χ2v) is 8.06. The lowest BCUT2D eigenvalue weighted by Crippen LogP contribution is -2.17. The Bertz CT molecular complexity index is 1070. The van der Waals surface area contributed by atoms with Crippen LogP contribution in [0.4, 0.5) is 5.69 Å². The summed E-state index contributed by atoms with van der Waals surface area (Å²) in [6.45, 7) is 6.87. The maximum Gasteiger partial charge on any atom is 0.258 e. The topological polar surface area (TPSA) is 86.5 Å². The van der Waals surface area contributed by atoms with Gasteiger partial charge in [-0.25, -0.2) is 0 Å². The highest BCUT2D eigenvalue weighted by molar-refractivity contribution is 6.34. The molecule has 29 heavy (non-hydrogen) atoms. The second-order valence-electron chi connectivity index (χ2n) is 7.65. The van der Waals surface area contributed by atoms with Crippen molar-refractivity contribution in [3.63, 3.8) is 0 Å². The Morgan fingerprint density at radius 1 is 1.10 bits per heavy atom. The monoisotopic (exact) mass is 413 g/mol. The van der Waals surface area contributed by atoms with Crippen molar-refractivity contribution in [3.8, 4) is 23.0 Å². The molecule has 7 nitrogen and oxygen atoms in total. The van der Waals surface area contributed by atoms with Gasteiger partial charge in [0, 0.05) is 17.5 Å². The Morgan fingerprint density at radius 2 is 1.79 bits per heavy atom. The summed E-state index contributed by atoms with van der Waals surface area (Å²) < 4.78 is 16.5. The van der Waals surface area contributed by atoms with Gasteiger partial charge in [-0.3, -0.25) is 4.79 Å². The van der Waals surface area contributed by atoms with E-state index in [1.807, 2.05) is 26.8 Å². The molecule has 8 heteroatoms. The predicted molar refractivity (Wildman–Crippen MR) is 109 cm³/mol. The molecule has 1 aromatic heterocycles. The molecule has 0 fully saturated rings. The minimum absolute atomic E-state index is 0.266. The number of nitrogens with one attached hydrogen (secondary N) is 1. The summed E-state index contributed by atoms with van der Waals surface area (Å²) in [5.41, 5.74) is 1.10.